The van der Waals surface area contributed by atoms with E-state index < -0.39 is 29.6 Å². The largest absolute Gasteiger partial charge is 0.459 e. The van der Waals surface area contributed by atoms with E-state index in [-0.39, 0.29) is 18.2 Å². The van der Waals surface area contributed by atoms with E-state index in [1.54, 1.807) is 30.3 Å². The van der Waals surface area contributed by atoms with Crippen molar-refractivity contribution in [2.45, 2.75) is 32.9 Å². The second-order valence-corrected chi connectivity index (χ2v) is 8.68. The number of amides is 2. The van der Waals surface area contributed by atoms with E-state index in [1.165, 1.54) is 30.3 Å². The summed E-state index contributed by atoms with van der Waals surface area (Å²) in [5.41, 5.74) is 1.60. The van der Waals surface area contributed by atoms with Gasteiger partial charge in [-0.05, 0) is 53.8 Å². The smallest absolute Gasteiger partial charge is 0.328 e. The molecule has 0 saturated heterocycles. The van der Waals surface area contributed by atoms with Crippen molar-refractivity contribution in [3.8, 4) is 0 Å². The topological polar surface area (TPSA) is 84.5 Å². The normalized spacial score (nSPS) is 12.1. The molecule has 2 amide bonds. The number of hydrogen-bond acceptors (Lipinski definition) is 4. The van der Waals surface area contributed by atoms with E-state index in [1.807, 2.05) is 44.2 Å². The first-order valence-corrected chi connectivity index (χ1v) is 11.7. The van der Waals surface area contributed by atoms with Gasteiger partial charge in [-0.2, -0.15) is 0 Å². The third-order valence-corrected chi connectivity index (χ3v) is 5.23. The zero-order valence-corrected chi connectivity index (χ0v) is 20.2. The zero-order chi connectivity index (χ0) is 25.9. The number of nitrogens with one attached hydrogen (secondary N) is 2. The molecule has 0 aliphatic rings. The lowest BCUT2D eigenvalue weighted by Gasteiger charge is -2.20. The van der Waals surface area contributed by atoms with Crippen LogP contribution in [0.1, 0.15) is 41.8 Å². The number of halogens is 1. The van der Waals surface area contributed by atoms with Crippen molar-refractivity contribution in [3.63, 3.8) is 0 Å². The first-order valence-electron chi connectivity index (χ1n) is 11.7. The lowest BCUT2D eigenvalue weighted by Crippen LogP contribution is -2.45. The first kappa shape index (κ1) is 26.3. The minimum absolute atomic E-state index is 0.0765. The summed E-state index contributed by atoms with van der Waals surface area (Å²) in [5.74, 6) is -2.07. The molecule has 186 valence electrons. The van der Waals surface area contributed by atoms with Gasteiger partial charge in [-0.1, -0.05) is 74.5 Å². The highest BCUT2D eigenvalue weighted by Gasteiger charge is 2.26. The van der Waals surface area contributed by atoms with Crippen LogP contribution in [0.25, 0.3) is 6.08 Å². The van der Waals surface area contributed by atoms with Gasteiger partial charge >= 0.3 is 5.97 Å². The fourth-order valence-electron chi connectivity index (χ4n) is 3.42. The van der Waals surface area contributed by atoms with Crippen molar-refractivity contribution < 1.29 is 23.5 Å². The molecule has 6 nitrogen and oxygen atoms in total. The number of hydrogen-bond donors (Lipinski definition) is 2. The van der Waals surface area contributed by atoms with Crippen LogP contribution in [0.4, 0.5) is 4.39 Å². The van der Waals surface area contributed by atoms with Gasteiger partial charge in [0.15, 0.2) is 0 Å². The molecule has 2 N–H and O–H groups in total. The molecule has 36 heavy (non-hydrogen) atoms. The lowest BCUT2D eigenvalue weighted by atomic mass is 10.0. The number of benzene rings is 3. The maximum Gasteiger partial charge on any atom is 0.328 e. The highest BCUT2D eigenvalue weighted by atomic mass is 19.1. The van der Waals surface area contributed by atoms with Gasteiger partial charge in [0.05, 0.1) is 0 Å². The Morgan fingerprint density at radius 1 is 0.889 bits per heavy atom. The Balaban J connectivity index is 1.80. The summed E-state index contributed by atoms with van der Waals surface area (Å²) in [6, 6.07) is 22.2. The number of ether oxygens (including phenoxy) is 1. The second-order valence-electron chi connectivity index (χ2n) is 8.68. The maximum absolute atomic E-state index is 13.4. The van der Waals surface area contributed by atoms with E-state index >= 15 is 0 Å². The molecule has 0 fully saturated rings. The molecule has 0 aromatic heterocycles. The molecular weight excluding hydrogens is 459 g/mol. The van der Waals surface area contributed by atoms with Crippen LogP contribution in [-0.2, 0) is 20.9 Å². The van der Waals surface area contributed by atoms with Gasteiger partial charge in [-0.15, -0.1) is 0 Å². The predicted octanol–water partition coefficient (Wildman–Crippen LogP) is 4.87. The molecule has 3 aromatic rings. The number of esters is 1. The summed E-state index contributed by atoms with van der Waals surface area (Å²) in [6.45, 7) is 3.93. The SMILES string of the molecule is CC(C)CC(NC(=O)C(=Cc1ccc(F)cc1)NC(=O)c1ccccc1)C(=O)OCc1ccccc1. The second kappa shape index (κ2) is 13.0. The molecule has 3 rings (SSSR count). The molecule has 0 heterocycles. The predicted molar refractivity (Wildman–Crippen MR) is 136 cm³/mol. The minimum Gasteiger partial charge on any atom is -0.459 e. The summed E-state index contributed by atoms with van der Waals surface area (Å²) in [6.07, 6.45) is 1.77. The Hall–Kier alpha value is -4.26. The third-order valence-electron chi connectivity index (χ3n) is 5.23. The molecule has 0 aliphatic carbocycles. The molecule has 1 unspecified atom stereocenters. The molecule has 1 atom stereocenters. The summed E-state index contributed by atoms with van der Waals surface area (Å²) in [5, 5.41) is 5.32. The van der Waals surface area contributed by atoms with Crippen LogP contribution in [0.2, 0.25) is 0 Å². The van der Waals surface area contributed by atoms with E-state index in [0.717, 1.165) is 5.56 Å². The molecular formula is C29H29FN2O4. The van der Waals surface area contributed by atoms with Crippen molar-refractivity contribution in [3.05, 3.63) is 113 Å². The number of carbonyl (C=O) groups excluding carboxylic acids is 3. The standard InChI is InChI=1S/C29H29FN2O4/c1-20(2)17-26(29(35)36-19-22-9-5-3-6-10-22)32-28(34)25(18-21-13-15-24(30)16-14-21)31-27(33)23-11-7-4-8-12-23/h3-16,18,20,26H,17,19H2,1-2H3,(H,31,33)(H,32,34). The van der Waals surface area contributed by atoms with Crippen molar-refractivity contribution >= 4 is 23.9 Å². The van der Waals surface area contributed by atoms with Gasteiger partial charge in [0.1, 0.15) is 24.2 Å². The van der Waals surface area contributed by atoms with Crippen LogP contribution in [0.15, 0.2) is 90.6 Å². The third kappa shape index (κ3) is 8.20. The Kier molecular flexibility index (Phi) is 9.51. The average molecular weight is 489 g/mol. The highest BCUT2D eigenvalue weighted by Crippen LogP contribution is 2.12. The summed E-state index contributed by atoms with van der Waals surface area (Å²) >= 11 is 0. The van der Waals surface area contributed by atoms with E-state index in [0.29, 0.717) is 17.5 Å². The minimum atomic E-state index is -0.925. The molecule has 3 aromatic carbocycles. The average Bonchev–Trinajstić information content (AvgIpc) is 2.88. The van der Waals surface area contributed by atoms with Gasteiger partial charge < -0.3 is 15.4 Å². The number of rotatable bonds is 10. The van der Waals surface area contributed by atoms with Gasteiger partial charge in [-0.3, -0.25) is 9.59 Å². The molecule has 7 heteroatoms. The molecule has 0 aliphatic heterocycles. The van der Waals surface area contributed by atoms with Gasteiger partial charge in [0.25, 0.3) is 11.8 Å². The summed E-state index contributed by atoms with van der Waals surface area (Å²) in [7, 11) is 0. The van der Waals surface area contributed by atoms with Crippen LogP contribution in [0, 0.1) is 11.7 Å². The van der Waals surface area contributed by atoms with Crippen molar-refractivity contribution in [2.24, 2.45) is 5.92 Å². The van der Waals surface area contributed by atoms with Gasteiger partial charge in [0.2, 0.25) is 0 Å². The van der Waals surface area contributed by atoms with E-state index in [9.17, 15) is 18.8 Å². The van der Waals surface area contributed by atoms with E-state index in [4.69, 9.17) is 4.74 Å². The fraction of sp³-hybridized carbons (Fsp3) is 0.207. The van der Waals surface area contributed by atoms with Gasteiger partial charge in [0, 0.05) is 5.56 Å². The van der Waals surface area contributed by atoms with Crippen molar-refractivity contribution in [1.82, 2.24) is 10.6 Å². The lowest BCUT2D eigenvalue weighted by molar-refractivity contribution is -0.149. The zero-order valence-electron chi connectivity index (χ0n) is 20.2. The Labute approximate surface area is 210 Å². The number of carbonyl (C=O) groups is 3. The van der Waals surface area contributed by atoms with Crippen LogP contribution < -0.4 is 10.6 Å². The Morgan fingerprint density at radius 2 is 1.50 bits per heavy atom. The van der Waals surface area contributed by atoms with Crippen molar-refractivity contribution in [2.75, 3.05) is 0 Å². The van der Waals surface area contributed by atoms with E-state index in [2.05, 4.69) is 10.6 Å². The molecule has 0 radical (unpaired) electrons. The monoisotopic (exact) mass is 488 g/mol. The quantitative estimate of drug-likeness (QED) is 0.315. The summed E-state index contributed by atoms with van der Waals surface area (Å²) in [4.78, 5) is 38.9. The van der Waals surface area contributed by atoms with Crippen LogP contribution in [-0.4, -0.2) is 23.8 Å². The van der Waals surface area contributed by atoms with Crippen LogP contribution in [0.5, 0.6) is 0 Å². The molecule has 0 spiro atoms. The highest BCUT2D eigenvalue weighted by molar-refractivity contribution is 6.06. The van der Waals surface area contributed by atoms with Crippen LogP contribution in [0.3, 0.4) is 0 Å². The maximum atomic E-state index is 13.4. The fourth-order valence-corrected chi connectivity index (χ4v) is 3.42. The van der Waals surface area contributed by atoms with Crippen molar-refractivity contribution in [1.29, 1.82) is 0 Å². The van der Waals surface area contributed by atoms with Crippen LogP contribution >= 0.6 is 0 Å². The molecule has 0 bridgehead atoms. The molecule has 0 saturated carbocycles. The Bertz CT molecular complexity index is 1190. The Morgan fingerprint density at radius 3 is 2.11 bits per heavy atom. The summed E-state index contributed by atoms with van der Waals surface area (Å²) < 4.78 is 18.8. The van der Waals surface area contributed by atoms with Gasteiger partial charge in [-0.25, -0.2) is 9.18 Å². The first-order chi connectivity index (χ1) is 17.3.